The van der Waals surface area contributed by atoms with Crippen molar-refractivity contribution < 1.29 is 13.2 Å². The Balaban J connectivity index is 1.57. The molecule has 7 heteroatoms. The van der Waals surface area contributed by atoms with Crippen molar-refractivity contribution in [2.24, 2.45) is 0 Å². The lowest BCUT2D eigenvalue weighted by molar-refractivity contribution is 0.0940. The van der Waals surface area contributed by atoms with Crippen molar-refractivity contribution in [1.82, 2.24) is 5.32 Å². The molecule has 3 aromatic rings. The first-order chi connectivity index (χ1) is 14.8. The fourth-order valence-corrected chi connectivity index (χ4v) is 5.77. The summed E-state index contributed by atoms with van der Waals surface area (Å²) in [5, 5.41) is 3.63. The Morgan fingerprint density at radius 2 is 1.74 bits per heavy atom. The zero-order valence-electron chi connectivity index (χ0n) is 17.2. The standard InChI is InChI=1S/C24H23ClN2O3S/c1-16-14-20-15-19(24(28)26-17(2)18-8-11-21(25)12-9-18)10-13-23(20)27(16)31(29,30)22-6-4-3-5-7-22/h3-13,15-17H,14H2,1-2H3,(H,26,28)/t16-,17-/m1/s1. The second-order valence-electron chi connectivity index (χ2n) is 7.76. The molecule has 1 amide bonds. The smallest absolute Gasteiger partial charge is 0.264 e. The molecule has 5 nitrogen and oxygen atoms in total. The van der Waals surface area contributed by atoms with Gasteiger partial charge in [-0.05, 0) is 73.9 Å². The van der Waals surface area contributed by atoms with E-state index >= 15 is 0 Å². The number of anilines is 1. The second kappa shape index (κ2) is 8.36. The van der Waals surface area contributed by atoms with Crippen LogP contribution in [0.3, 0.4) is 0 Å². The van der Waals surface area contributed by atoms with Crippen LogP contribution in [0.5, 0.6) is 0 Å². The Kier molecular flexibility index (Phi) is 5.77. The van der Waals surface area contributed by atoms with Crippen molar-refractivity contribution in [1.29, 1.82) is 0 Å². The van der Waals surface area contributed by atoms with Crippen molar-refractivity contribution >= 4 is 33.2 Å². The molecule has 0 bridgehead atoms. The van der Waals surface area contributed by atoms with Gasteiger partial charge in [-0.2, -0.15) is 0 Å². The first-order valence-corrected chi connectivity index (χ1v) is 11.9. The van der Waals surface area contributed by atoms with Crippen LogP contribution >= 0.6 is 11.6 Å². The Bertz CT molecular complexity index is 1210. The quantitative estimate of drug-likeness (QED) is 0.591. The third-order valence-electron chi connectivity index (χ3n) is 5.51. The molecule has 0 saturated heterocycles. The number of sulfonamides is 1. The van der Waals surface area contributed by atoms with Crippen molar-refractivity contribution in [2.75, 3.05) is 4.31 Å². The fourth-order valence-electron chi connectivity index (χ4n) is 3.93. The molecule has 0 saturated carbocycles. The predicted octanol–water partition coefficient (Wildman–Crippen LogP) is 4.97. The first kappa shape index (κ1) is 21.4. The number of carbonyl (C=O) groups excluding carboxylic acids is 1. The number of halogens is 1. The Morgan fingerprint density at radius 1 is 1.06 bits per heavy atom. The van der Waals surface area contributed by atoms with Gasteiger partial charge in [-0.15, -0.1) is 0 Å². The van der Waals surface area contributed by atoms with E-state index < -0.39 is 10.0 Å². The molecular formula is C24H23ClN2O3S. The normalized spacial score (nSPS) is 16.6. The number of hydrogen-bond acceptors (Lipinski definition) is 3. The Hall–Kier alpha value is -2.83. The molecule has 1 heterocycles. The Morgan fingerprint density at radius 3 is 2.42 bits per heavy atom. The van der Waals surface area contributed by atoms with Crippen LogP contribution in [0.2, 0.25) is 5.02 Å². The van der Waals surface area contributed by atoms with E-state index in [0.717, 1.165) is 11.1 Å². The number of fused-ring (bicyclic) bond motifs is 1. The molecule has 0 radical (unpaired) electrons. The number of benzene rings is 3. The molecule has 0 fully saturated rings. The zero-order valence-corrected chi connectivity index (χ0v) is 18.8. The van der Waals surface area contributed by atoms with E-state index in [1.807, 2.05) is 26.0 Å². The minimum Gasteiger partial charge on any atom is -0.346 e. The predicted molar refractivity (Wildman–Crippen MR) is 123 cm³/mol. The number of nitrogens with one attached hydrogen (secondary N) is 1. The lowest BCUT2D eigenvalue weighted by atomic mass is 10.0. The second-order valence-corrected chi connectivity index (χ2v) is 10.0. The molecule has 3 aromatic carbocycles. The van der Waals surface area contributed by atoms with E-state index in [9.17, 15) is 13.2 Å². The van der Waals surface area contributed by atoms with E-state index in [4.69, 9.17) is 11.6 Å². The summed E-state index contributed by atoms with van der Waals surface area (Å²) in [5.41, 5.74) is 2.93. The monoisotopic (exact) mass is 454 g/mol. The van der Waals surface area contributed by atoms with E-state index in [0.29, 0.717) is 22.7 Å². The van der Waals surface area contributed by atoms with E-state index in [1.165, 1.54) is 4.31 Å². The van der Waals surface area contributed by atoms with Gasteiger partial charge < -0.3 is 5.32 Å². The average molecular weight is 455 g/mol. The topological polar surface area (TPSA) is 66.5 Å². The maximum Gasteiger partial charge on any atom is 0.264 e. The van der Waals surface area contributed by atoms with Crippen molar-refractivity contribution in [3.05, 3.63) is 94.5 Å². The van der Waals surface area contributed by atoms with Crippen LogP contribution in [0.15, 0.2) is 77.7 Å². The van der Waals surface area contributed by atoms with Gasteiger partial charge in [0.1, 0.15) is 0 Å². The third kappa shape index (κ3) is 4.18. The molecule has 31 heavy (non-hydrogen) atoms. The molecule has 4 rings (SSSR count). The van der Waals surface area contributed by atoms with E-state index in [2.05, 4.69) is 5.32 Å². The third-order valence-corrected chi connectivity index (χ3v) is 7.71. The van der Waals surface area contributed by atoms with Crippen molar-refractivity contribution in [3.8, 4) is 0 Å². The van der Waals surface area contributed by atoms with Crippen LogP contribution in [0.25, 0.3) is 0 Å². The van der Waals surface area contributed by atoms with Gasteiger partial charge in [0.2, 0.25) is 0 Å². The summed E-state index contributed by atoms with van der Waals surface area (Å²) in [4.78, 5) is 13.1. The van der Waals surface area contributed by atoms with Crippen LogP contribution < -0.4 is 9.62 Å². The summed E-state index contributed by atoms with van der Waals surface area (Å²) in [6, 6.07) is 20.5. The van der Waals surface area contributed by atoms with Gasteiger partial charge >= 0.3 is 0 Å². The van der Waals surface area contributed by atoms with Crippen LogP contribution in [-0.4, -0.2) is 20.4 Å². The maximum absolute atomic E-state index is 13.2. The number of amides is 1. The number of rotatable bonds is 5. The van der Waals surface area contributed by atoms with Crippen LogP contribution in [0, 0.1) is 0 Å². The molecule has 0 spiro atoms. The molecule has 2 atom stereocenters. The van der Waals surface area contributed by atoms with Gasteiger partial charge in [0, 0.05) is 16.6 Å². The average Bonchev–Trinajstić information content (AvgIpc) is 3.10. The van der Waals surface area contributed by atoms with Crippen LogP contribution in [0.4, 0.5) is 5.69 Å². The summed E-state index contributed by atoms with van der Waals surface area (Å²) in [5.74, 6) is -0.206. The van der Waals surface area contributed by atoms with E-state index in [1.54, 1.807) is 60.7 Å². The summed E-state index contributed by atoms with van der Waals surface area (Å²) in [6.07, 6.45) is 0.551. The minimum absolute atomic E-state index is 0.188. The fraction of sp³-hybridized carbons (Fsp3) is 0.208. The highest BCUT2D eigenvalue weighted by Gasteiger charge is 2.36. The first-order valence-electron chi connectivity index (χ1n) is 10.1. The highest BCUT2D eigenvalue weighted by Crippen LogP contribution is 2.37. The molecule has 0 aliphatic carbocycles. The number of nitrogens with zero attached hydrogens (tertiary/aromatic N) is 1. The van der Waals surface area contributed by atoms with Gasteiger partial charge in [0.05, 0.1) is 16.6 Å². The summed E-state index contributed by atoms with van der Waals surface area (Å²) < 4.78 is 27.8. The SMILES string of the molecule is C[C@@H]1Cc2cc(C(=O)N[C@H](C)c3ccc(Cl)cc3)ccc2N1S(=O)(=O)c1ccccc1. The van der Waals surface area contributed by atoms with E-state index in [-0.39, 0.29) is 22.9 Å². The summed E-state index contributed by atoms with van der Waals surface area (Å²) in [6.45, 7) is 3.79. The summed E-state index contributed by atoms with van der Waals surface area (Å²) >= 11 is 5.93. The molecule has 0 unspecified atom stereocenters. The van der Waals surface area contributed by atoms with Crippen molar-refractivity contribution in [2.45, 2.75) is 37.2 Å². The summed E-state index contributed by atoms with van der Waals surface area (Å²) in [7, 11) is -3.67. The largest absolute Gasteiger partial charge is 0.346 e. The van der Waals surface area contributed by atoms with Gasteiger partial charge in [-0.3, -0.25) is 9.10 Å². The number of hydrogen-bond donors (Lipinski definition) is 1. The molecule has 1 N–H and O–H groups in total. The van der Waals surface area contributed by atoms with Gasteiger partial charge in [-0.25, -0.2) is 8.42 Å². The molecule has 160 valence electrons. The van der Waals surface area contributed by atoms with Gasteiger partial charge in [0.15, 0.2) is 0 Å². The molecule has 1 aliphatic heterocycles. The van der Waals surface area contributed by atoms with Gasteiger partial charge in [-0.1, -0.05) is 41.9 Å². The minimum atomic E-state index is -3.67. The molecular weight excluding hydrogens is 432 g/mol. The Labute approximate surface area is 187 Å². The number of carbonyl (C=O) groups is 1. The highest BCUT2D eigenvalue weighted by atomic mass is 35.5. The van der Waals surface area contributed by atoms with Crippen LogP contribution in [0.1, 0.15) is 41.4 Å². The lowest BCUT2D eigenvalue weighted by Gasteiger charge is -2.24. The van der Waals surface area contributed by atoms with Crippen LogP contribution in [-0.2, 0) is 16.4 Å². The van der Waals surface area contributed by atoms with Crippen molar-refractivity contribution in [3.63, 3.8) is 0 Å². The molecule has 1 aliphatic rings. The maximum atomic E-state index is 13.2. The van der Waals surface area contributed by atoms with Gasteiger partial charge in [0.25, 0.3) is 15.9 Å². The molecule has 0 aromatic heterocycles. The zero-order chi connectivity index (χ0) is 22.2. The lowest BCUT2D eigenvalue weighted by Crippen LogP contribution is -2.35. The highest BCUT2D eigenvalue weighted by molar-refractivity contribution is 7.92.